The summed E-state index contributed by atoms with van der Waals surface area (Å²) in [5.74, 6) is 1.35. The molecule has 0 fully saturated rings. The van der Waals surface area contributed by atoms with E-state index in [1.165, 1.54) is 4.68 Å². The van der Waals surface area contributed by atoms with Crippen molar-refractivity contribution in [3.05, 3.63) is 46.1 Å². The van der Waals surface area contributed by atoms with E-state index in [1.54, 1.807) is 11.7 Å². The number of nitrogens with one attached hydrogen (secondary N) is 1. The van der Waals surface area contributed by atoms with Crippen molar-refractivity contribution >= 4 is 5.91 Å². The Kier molecular flexibility index (Phi) is 6.51. The molecule has 2 aromatic rings. The van der Waals surface area contributed by atoms with E-state index in [0.29, 0.717) is 13.1 Å². The van der Waals surface area contributed by atoms with Gasteiger partial charge >= 0.3 is 5.69 Å². The molecule has 1 N–H and O–H groups in total. The summed E-state index contributed by atoms with van der Waals surface area (Å²) in [4.78, 5) is 27.0. The van der Waals surface area contributed by atoms with Gasteiger partial charge in [0.05, 0.1) is 13.2 Å². The molecule has 1 aromatic heterocycles. The zero-order chi connectivity index (χ0) is 20.1. The number of hydrogen-bond acceptors (Lipinski definition) is 5. The first kappa shape index (κ1) is 20.1. The molecule has 0 saturated heterocycles. The third-order valence-corrected chi connectivity index (χ3v) is 5.17. The van der Waals surface area contributed by atoms with Crippen LogP contribution in [0.5, 0.6) is 5.75 Å². The first-order chi connectivity index (χ1) is 13.5. The standard InChI is InChI=1S/C20H29N5O3/c1-23(2)17(15-8-7-9-16(12-15)28-3)13-21-19(26)14-25-20(27)24-11-6-4-5-10-18(24)22-25/h7-9,12,17H,4-6,10-11,13-14H2,1-3H3,(H,21,26). The molecule has 8 heteroatoms. The van der Waals surface area contributed by atoms with Gasteiger partial charge in [-0.3, -0.25) is 9.36 Å². The maximum Gasteiger partial charge on any atom is 0.346 e. The smallest absolute Gasteiger partial charge is 0.346 e. The van der Waals surface area contributed by atoms with Gasteiger partial charge in [0.2, 0.25) is 5.91 Å². The van der Waals surface area contributed by atoms with Gasteiger partial charge in [0.25, 0.3) is 0 Å². The van der Waals surface area contributed by atoms with Crippen LogP contribution in [0.3, 0.4) is 0 Å². The monoisotopic (exact) mass is 387 g/mol. The van der Waals surface area contributed by atoms with Gasteiger partial charge < -0.3 is 15.0 Å². The van der Waals surface area contributed by atoms with Crippen molar-refractivity contribution in [2.45, 2.75) is 44.8 Å². The van der Waals surface area contributed by atoms with Crippen LogP contribution < -0.4 is 15.7 Å². The molecule has 2 heterocycles. The number of likely N-dealkylation sites (N-methyl/N-ethyl adjacent to an activating group) is 1. The van der Waals surface area contributed by atoms with Crippen molar-refractivity contribution in [3.8, 4) is 5.75 Å². The zero-order valence-electron chi connectivity index (χ0n) is 16.9. The number of amides is 1. The fourth-order valence-corrected chi connectivity index (χ4v) is 3.58. The van der Waals surface area contributed by atoms with Gasteiger partial charge in [0.15, 0.2) is 0 Å². The van der Waals surface area contributed by atoms with Gasteiger partial charge in [-0.1, -0.05) is 18.6 Å². The maximum absolute atomic E-state index is 12.5. The highest BCUT2D eigenvalue weighted by Crippen LogP contribution is 2.22. The van der Waals surface area contributed by atoms with Crippen molar-refractivity contribution in [2.75, 3.05) is 27.7 Å². The van der Waals surface area contributed by atoms with Crippen LogP contribution >= 0.6 is 0 Å². The SMILES string of the molecule is COc1cccc(C(CNC(=O)Cn2nc3n(c2=O)CCCCC3)N(C)C)c1. The van der Waals surface area contributed by atoms with Crippen LogP contribution in [-0.2, 0) is 24.3 Å². The van der Waals surface area contributed by atoms with E-state index in [2.05, 4.69) is 10.4 Å². The second-order valence-electron chi connectivity index (χ2n) is 7.38. The Morgan fingerprint density at radius 3 is 2.89 bits per heavy atom. The molecular formula is C20H29N5O3. The number of fused-ring (bicyclic) bond motifs is 1. The Morgan fingerprint density at radius 2 is 2.14 bits per heavy atom. The number of carbonyl (C=O) groups excluding carboxylic acids is 1. The summed E-state index contributed by atoms with van der Waals surface area (Å²) in [6, 6.07) is 7.80. The van der Waals surface area contributed by atoms with E-state index in [0.717, 1.165) is 42.8 Å². The summed E-state index contributed by atoms with van der Waals surface area (Å²) in [6.45, 7) is 1.06. The average Bonchev–Trinajstić information content (AvgIpc) is 2.85. The van der Waals surface area contributed by atoms with E-state index < -0.39 is 0 Å². The quantitative estimate of drug-likeness (QED) is 0.772. The van der Waals surface area contributed by atoms with Gasteiger partial charge in [0, 0.05) is 19.5 Å². The van der Waals surface area contributed by atoms with Crippen molar-refractivity contribution in [1.82, 2.24) is 24.6 Å². The van der Waals surface area contributed by atoms with E-state index in [9.17, 15) is 9.59 Å². The number of hydrogen-bond donors (Lipinski definition) is 1. The number of methoxy groups -OCH3 is 1. The lowest BCUT2D eigenvalue weighted by molar-refractivity contribution is -0.122. The lowest BCUT2D eigenvalue weighted by Gasteiger charge is -2.25. The first-order valence-electron chi connectivity index (χ1n) is 9.73. The normalized spacial score (nSPS) is 15.0. The fraction of sp³-hybridized carbons (Fsp3) is 0.550. The molecule has 3 rings (SSSR count). The number of ether oxygens (including phenoxy) is 1. The molecule has 0 bridgehead atoms. The van der Waals surface area contributed by atoms with E-state index >= 15 is 0 Å². The largest absolute Gasteiger partial charge is 0.497 e. The molecule has 8 nitrogen and oxygen atoms in total. The summed E-state index contributed by atoms with van der Waals surface area (Å²) in [5.41, 5.74) is 0.861. The summed E-state index contributed by atoms with van der Waals surface area (Å²) >= 11 is 0. The second-order valence-corrected chi connectivity index (χ2v) is 7.38. The van der Waals surface area contributed by atoms with Gasteiger partial charge in [-0.2, -0.15) is 5.10 Å². The fourth-order valence-electron chi connectivity index (χ4n) is 3.58. The highest BCUT2D eigenvalue weighted by molar-refractivity contribution is 5.75. The molecule has 1 aliphatic rings. The van der Waals surface area contributed by atoms with Gasteiger partial charge in [0.1, 0.15) is 18.1 Å². The van der Waals surface area contributed by atoms with E-state index in [-0.39, 0.29) is 24.2 Å². The van der Waals surface area contributed by atoms with Crippen LogP contribution in [0.15, 0.2) is 29.1 Å². The van der Waals surface area contributed by atoms with Crippen LogP contribution in [0.2, 0.25) is 0 Å². The molecule has 0 saturated carbocycles. The van der Waals surface area contributed by atoms with Crippen molar-refractivity contribution in [1.29, 1.82) is 0 Å². The number of aromatic nitrogens is 3. The van der Waals surface area contributed by atoms with Gasteiger partial charge in [-0.25, -0.2) is 9.48 Å². The Labute approximate surface area is 165 Å². The first-order valence-corrected chi connectivity index (χ1v) is 9.73. The molecular weight excluding hydrogens is 358 g/mol. The third-order valence-electron chi connectivity index (χ3n) is 5.17. The van der Waals surface area contributed by atoms with Crippen LogP contribution in [-0.4, -0.2) is 52.9 Å². The number of aryl methyl sites for hydroxylation is 1. The molecule has 1 atom stereocenters. The van der Waals surface area contributed by atoms with Crippen LogP contribution in [0.25, 0.3) is 0 Å². The number of benzene rings is 1. The lowest BCUT2D eigenvalue weighted by atomic mass is 10.1. The summed E-state index contributed by atoms with van der Waals surface area (Å²) in [5, 5.41) is 7.31. The van der Waals surface area contributed by atoms with Crippen molar-refractivity contribution in [3.63, 3.8) is 0 Å². The Balaban J connectivity index is 1.65. The Bertz CT molecular complexity index is 871. The predicted molar refractivity (Wildman–Crippen MR) is 106 cm³/mol. The predicted octanol–water partition coefficient (Wildman–Crippen LogP) is 1.20. The number of rotatable bonds is 7. The minimum absolute atomic E-state index is 0.00511. The molecule has 0 spiro atoms. The van der Waals surface area contributed by atoms with Crippen molar-refractivity contribution < 1.29 is 9.53 Å². The summed E-state index contributed by atoms with van der Waals surface area (Å²) in [7, 11) is 5.57. The number of carbonyl (C=O) groups is 1. The minimum atomic E-state index is -0.217. The van der Waals surface area contributed by atoms with Crippen LogP contribution in [0, 0.1) is 0 Å². The Hall–Kier alpha value is -2.61. The Morgan fingerprint density at radius 1 is 1.32 bits per heavy atom. The lowest BCUT2D eigenvalue weighted by Crippen LogP contribution is -2.38. The second kappa shape index (κ2) is 9.05. The number of nitrogens with zero attached hydrogens (tertiary/aromatic N) is 4. The van der Waals surface area contributed by atoms with Crippen LogP contribution in [0.1, 0.15) is 36.7 Å². The van der Waals surface area contributed by atoms with E-state index in [1.807, 2.05) is 43.3 Å². The van der Waals surface area contributed by atoms with Crippen molar-refractivity contribution in [2.24, 2.45) is 0 Å². The summed E-state index contributed by atoms with van der Waals surface area (Å²) < 4.78 is 8.29. The van der Waals surface area contributed by atoms with Gasteiger partial charge in [-0.15, -0.1) is 0 Å². The third kappa shape index (κ3) is 4.62. The molecule has 1 unspecified atom stereocenters. The molecule has 0 aliphatic carbocycles. The highest BCUT2D eigenvalue weighted by Gasteiger charge is 2.19. The minimum Gasteiger partial charge on any atom is -0.497 e. The molecule has 1 aliphatic heterocycles. The molecule has 152 valence electrons. The van der Waals surface area contributed by atoms with Crippen LogP contribution in [0.4, 0.5) is 0 Å². The topological polar surface area (TPSA) is 81.4 Å². The van der Waals surface area contributed by atoms with E-state index in [4.69, 9.17) is 4.74 Å². The highest BCUT2D eigenvalue weighted by atomic mass is 16.5. The molecule has 1 aromatic carbocycles. The molecule has 0 radical (unpaired) electrons. The molecule has 1 amide bonds. The average molecular weight is 387 g/mol. The zero-order valence-corrected chi connectivity index (χ0v) is 16.9. The molecule has 28 heavy (non-hydrogen) atoms. The van der Waals surface area contributed by atoms with Gasteiger partial charge in [-0.05, 0) is 44.6 Å². The summed E-state index contributed by atoms with van der Waals surface area (Å²) in [6.07, 6.45) is 3.92. The maximum atomic E-state index is 12.5.